The lowest BCUT2D eigenvalue weighted by atomic mass is 10.1. The van der Waals surface area contributed by atoms with Gasteiger partial charge in [-0.15, -0.1) is 0 Å². The van der Waals surface area contributed by atoms with E-state index in [1.54, 1.807) is 38.1 Å². The van der Waals surface area contributed by atoms with Gasteiger partial charge in [-0.2, -0.15) is 0 Å². The lowest BCUT2D eigenvalue weighted by molar-refractivity contribution is 0.00764. The Morgan fingerprint density at radius 3 is 1.36 bits per heavy atom. The van der Waals surface area contributed by atoms with Crippen LogP contribution in [0.3, 0.4) is 0 Å². The average Bonchev–Trinajstić information content (AvgIpc) is 2.55. The minimum atomic E-state index is -0.371. The van der Waals surface area contributed by atoms with Crippen LogP contribution in [-0.4, -0.2) is 24.1 Å². The topological polar surface area (TPSA) is 52.6 Å². The van der Waals surface area contributed by atoms with Crippen LogP contribution in [-0.2, 0) is 9.47 Å². The molecule has 2 rings (SSSR count). The number of aryl methyl sites for hydroxylation is 2. The monoisotopic (exact) mass is 340 g/mol. The summed E-state index contributed by atoms with van der Waals surface area (Å²) in [7, 11) is 0. The molecule has 2 atom stereocenters. The number of hydrogen-bond donors (Lipinski definition) is 0. The van der Waals surface area contributed by atoms with E-state index >= 15 is 0 Å². The number of carbonyl (C=O) groups excluding carboxylic acids is 2. The van der Waals surface area contributed by atoms with Gasteiger partial charge in [0.2, 0.25) is 0 Å². The van der Waals surface area contributed by atoms with Crippen molar-refractivity contribution in [3.8, 4) is 0 Å². The number of esters is 2. The van der Waals surface area contributed by atoms with Crippen molar-refractivity contribution in [1.29, 1.82) is 0 Å². The summed E-state index contributed by atoms with van der Waals surface area (Å²) in [5.74, 6) is -0.742. The molecule has 25 heavy (non-hydrogen) atoms. The highest BCUT2D eigenvalue weighted by atomic mass is 16.6. The summed E-state index contributed by atoms with van der Waals surface area (Å²) in [6, 6.07) is 14.4. The maximum atomic E-state index is 12.1. The number of ether oxygens (including phenoxy) is 2. The molecule has 0 aromatic heterocycles. The quantitative estimate of drug-likeness (QED) is 0.727. The van der Waals surface area contributed by atoms with Crippen LogP contribution in [0.5, 0.6) is 0 Å². The third-order valence-electron chi connectivity index (χ3n) is 3.85. The molecule has 4 nitrogen and oxygen atoms in total. The highest BCUT2D eigenvalue weighted by Crippen LogP contribution is 2.13. The summed E-state index contributed by atoms with van der Waals surface area (Å²) in [6.07, 6.45) is -0.265. The Labute approximate surface area is 148 Å². The summed E-state index contributed by atoms with van der Waals surface area (Å²) in [4.78, 5) is 24.2. The SMILES string of the molecule is Cc1ccc(C(=O)O[C@H](C)C[C@H](C)OC(=O)c2ccc(C)cc2)cc1. The van der Waals surface area contributed by atoms with Crippen molar-refractivity contribution >= 4 is 11.9 Å². The first kappa shape index (κ1) is 18.7. The van der Waals surface area contributed by atoms with E-state index in [0.717, 1.165) is 11.1 Å². The van der Waals surface area contributed by atoms with Crippen LogP contribution in [0, 0.1) is 13.8 Å². The molecule has 132 valence electrons. The third kappa shape index (κ3) is 5.75. The molecule has 0 aliphatic carbocycles. The summed E-state index contributed by atoms with van der Waals surface area (Å²) >= 11 is 0. The van der Waals surface area contributed by atoms with Gasteiger partial charge in [-0.25, -0.2) is 9.59 Å². The highest BCUT2D eigenvalue weighted by molar-refractivity contribution is 5.90. The van der Waals surface area contributed by atoms with Gasteiger partial charge in [0.25, 0.3) is 0 Å². The number of benzene rings is 2. The minimum absolute atomic E-state index is 0.352. The van der Waals surface area contributed by atoms with Crippen LogP contribution in [0.25, 0.3) is 0 Å². The summed E-state index contributed by atoms with van der Waals surface area (Å²) < 4.78 is 10.8. The molecule has 0 unspecified atom stereocenters. The maximum absolute atomic E-state index is 12.1. The molecule has 0 saturated heterocycles. The van der Waals surface area contributed by atoms with Gasteiger partial charge in [0, 0.05) is 6.42 Å². The number of hydrogen-bond acceptors (Lipinski definition) is 4. The zero-order valence-corrected chi connectivity index (χ0v) is 15.1. The van der Waals surface area contributed by atoms with E-state index in [-0.39, 0.29) is 24.1 Å². The van der Waals surface area contributed by atoms with Crippen molar-refractivity contribution in [2.24, 2.45) is 0 Å². The van der Waals surface area contributed by atoms with Gasteiger partial charge >= 0.3 is 11.9 Å². The summed E-state index contributed by atoms with van der Waals surface area (Å²) in [5, 5.41) is 0. The molecule has 0 fully saturated rings. The van der Waals surface area contributed by atoms with E-state index in [1.165, 1.54) is 0 Å². The molecule has 2 aromatic carbocycles. The molecular weight excluding hydrogens is 316 g/mol. The first-order valence-electron chi connectivity index (χ1n) is 8.40. The van der Waals surface area contributed by atoms with E-state index in [1.807, 2.05) is 38.1 Å². The second kappa shape index (κ2) is 8.47. The summed E-state index contributed by atoms with van der Waals surface area (Å²) in [5.41, 5.74) is 3.20. The second-order valence-electron chi connectivity index (χ2n) is 6.40. The fraction of sp³-hybridized carbons (Fsp3) is 0.333. The van der Waals surface area contributed by atoms with Gasteiger partial charge in [-0.1, -0.05) is 35.4 Å². The molecule has 0 heterocycles. The Balaban J connectivity index is 1.83. The van der Waals surface area contributed by atoms with E-state index in [9.17, 15) is 9.59 Å². The molecule has 0 N–H and O–H groups in total. The molecule has 0 radical (unpaired) electrons. The fourth-order valence-electron chi connectivity index (χ4n) is 2.44. The first-order chi connectivity index (χ1) is 11.8. The zero-order valence-electron chi connectivity index (χ0n) is 15.1. The van der Waals surface area contributed by atoms with Crippen LogP contribution in [0.4, 0.5) is 0 Å². The highest BCUT2D eigenvalue weighted by Gasteiger charge is 2.18. The molecule has 0 spiro atoms. The van der Waals surface area contributed by atoms with Gasteiger partial charge in [0.05, 0.1) is 11.1 Å². The first-order valence-corrected chi connectivity index (χ1v) is 8.40. The average molecular weight is 340 g/mol. The molecule has 0 saturated carbocycles. The molecule has 0 amide bonds. The molecule has 0 aliphatic rings. The van der Waals surface area contributed by atoms with Crippen molar-refractivity contribution in [3.63, 3.8) is 0 Å². The van der Waals surface area contributed by atoms with Crippen molar-refractivity contribution < 1.29 is 19.1 Å². The predicted octanol–water partition coefficient (Wildman–Crippen LogP) is 4.48. The van der Waals surface area contributed by atoms with E-state index in [2.05, 4.69) is 0 Å². The molecular formula is C21H24O4. The Bertz CT molecular complexity index is 653. The summed E-state index contributed by atoms with van der Waals surface area (Å²) in [6.45, 7) is 7.51. The van der Waals surface area contributed by atoms with E-state index in [0.29, 0.717) is 17.5 Å². The molecule has 0 aliphatic heterocycles. The van der Waals surface area contributed by atoms with Crippen molar-refractivity contribution in [1.82, 2.24) is 0 Å². The van der Waals surface area contributed by atoms with Gasteiger partial charge in [0.15, 0.2) is 0 Å². The predicted molar refractivity (Wildman–Crippen MR) is 96.7 cm³/mol. The van der Waals surface area contributed by atoms with E-state index < -0.39 is 0 Å². The van der Waals surface area contributed by atoms with Crippen LogP contribution in [0.1, 0.15) is 52.1 Å². The van der Waals surface area contributed by atoms with Crippen LogP contribution >= 0.6 is 0 Å². The third-order valence-corrected chi connectivity index (χ3v) is 3.85. The largest absolute Gasteiger partial charge is 0.459 e. The minimum Gasteiger partial charge on any atom is -0.459 e. The maximum Gasteiger partial charge on any atom is 0.338 e. The fourth-order valence-corrected chi connectivity index (χ4v) is 2.44. The van der Waals surface area contributed by atoms with Gasteiger partial charge in [-0.05, 0) is 52.0 Å². The second-order valence-corrected chi connectivity index (χ2v) is 6.40. The Morgan fingerprint density at radius 1 is 0.720 bits per heavy atom. The normalized spacial score (nSPS) is 13.0. The van der Waals surface area contributed by atoms with Crippen molar-refractivity contribution in [2.45, 2.75) is 46.3 Å². The van der Waals surface area contributed by atoms with Crippen molar-refractivity contribution in [2.75, 3.05) is 0 Å². The zero-order chi connectivity index (χ0) is 18.4. The molecule has 4 heteroatoms. The molecule has 2 aromatic rings. The Kier molecular flexibility index (Phi) is 6.34. The van der Waals surface area contributed by atoms with Crippen LogP contribution in [0.15, 0.2) is 48.5 Å². The van der Waals surface area contributed by atoms with Gasteiger partial charge in [0.1, 0.15) is 12.2 Å². The Hall–Kier alpha value is -2.62. The lowest BCUT2D eigenvalue weighted by Crippen LogP contribution is -2.23. The van der Waals surface area contributed by atoms with E-state index in [4.69, 9.17) is 9.47 Å². The Morgan fingerprint density at radius 2 is 1.04 bits per heavy atom. The smallest absolute Gasteiger partial charge is 0.338 e. The van der Waals surface area contributed by atoms with Gasteiger partial charge < -0.3 is 9.47 Å². The van der Waals surface area contributed by atoms with Crippen molar-refractivity contribution in [3.05, 3.63) is 70.8 Å². The number of rotatable bonds is 6. The number of carbonyl (C=O) groups is 2. The van der Waals surface area contributed by atoms with Gasteiger partial charge in [-0.3, -0.25) is 0 Å². The lowest BCUT2D eigenvalue weighted by Gasteiger charge is -2.18. The standard InChI is InChI=1S/C21H24O4/c1-14-5-9-18(10-6-14)20(22)24-16(3)13-17(4)25-21(23)19-11-7-15(2)8-12-19/h5-12,16-17H,13H2,1-4H3/t16-,17+. The molecule has 0 bridgehead atoms. The van der Waals surface area contributed by atoms with Crippen LogP contribution in [0.2, 0.25) is 0 Å². The van der Waals surface area contributed by atoms with Crippen LogP contribution < -0.4 is 0 Å².